The van der Waals surface area contributed by atoms with Gasteiger partial charge in [0, 0.05) is 17.0 Å². The molecule has 0 aliphatic carbocycles. The van der Waals surface area contributed by atoms with E-state index in [1.54, 1.807) is 0 Å². The summed E-state index contributed by atoms with van der Waals surface area (Å²) in [5, 5.41) is 2.11. The summed E-state index contributed by atoms with van der Waals surface area (Å²) < 4.78 is 29.1. The minimum atomic E-state index is -3.03. The highest BCUT2D eigenvalue weighted by Gasteiger charge is 2.22. The van der Waals surface area contributed by atoms with Gasteiger partial charge < -0.3 is 19.5 Å². The third-order valence-corrected chi connectivity index (χ3v) is 8.53. The van der Waals surface area contributed by atoms with Gasteiger partial charge in [0.05, 0.1) is 31.5 Å². The molecular formula is C29H36N3O4P. The molecule has 37 heavy (non-hydrogen) atoms. The molecule has 196 valence electrons. The topological polar surface area (TPSA) is 96.6 Å². The van der Waals surface area contributed by atoms with Gasteiger partial charge in [-0.05, 0) is 93.5 Å². The lowest BCUT2D eigenvalue weighted by Gasteiger charge is -2.17. The van der Waals surface area contributed by atoms with E-state index >= 15 is 0 Å². The zero-order chi connectivity index (χ0) is 26.4. The predicted octanol–water partition coefficient (Wildman–Crippen LogP) is 6.80. The van der Waals surface area contributed by atoms with Crippen LogP contribution in [0.1, 0.15) is 42.5 Å². The number of benzene rings is 2. The molecule has 2 N–H and O–H groups in total. The Kier molecular flexibility index (Phi) is 8.80. The van der Waals surface area contributed by atoms with Crippen molar-refractivity contribution in [2.24, 2.45) is 0 Å². The van der Waals surface area contributed by atoms with Crippen molar-refractivity contribution < 1.29 is 18.3 Å². The molecular weight excluding hydrogens is 485 g/mol. The summed E-state index contributed by atoms with van der Waals surface area (Å²) >= 11 is 0. The monoisotopic (exact) mass is 521 g/mol. The van der Waals surface area contributed by atoms with E-state index in [1.165, 1.54) is 11.1 Å². The number of nitrogens with zero attached hydrogens (tertiary/aromatic N) is 2. The number of pyridine rings is 2. The van der Waals surface area contributed by atoms with E-state index in [-0.39, 0.29) is 0 Å². The fourth-order valence-electron chi connectivity index (χ4n) is 4.52. The maximum Gasteiger partial charge on any atom is 0.330 e. The van der Waals surface area contributed by atoms with Crippen LogP contribution >= 0.6 is 7.60 Å². The fraction of sp³-hybridized carbons (Fsp3) is 0.379. The van der Waals surface area contributed by atoms with Crippen LogP contribution in [0.15, 0.2) is 48.7 Å². The molecule has 0 saturated carbocycles. The molecule has 2 aromatic heterocycles. The number of hydrogen-bond donors (Lipinski definition) is 1. The van der Waals surface area contributed by atoms with Crippen molar-refractivity contribution >= 4 is 35.2 Å². The first-order valence-electron chi connectivity index (χ1n) is 12.9. The zero-order valence-electron chi connectivity index (χ0n) is 22.1. The van der Waals surface area contributed by atoms with Gasteiger partial charge >= 0.3 is 7.60 Å². The summed E-state index contributed by atoms with van der Waals surface area (Å²) in [7, 11) is -3.03. The van der Waals surface area contributed by atoms with Crippen LogP contribution in [0.4, 0.5) is 5.82 Å². The number of aromatic nitrogens is 2. The quantitative estimate of drug-likeness (QED) is 0.124. The average molecular weight is 522 g/mol. The summed E-state index contributed by atoms with van der Waals surface area (Å²) in [6.07, 6.45) is 4.60. The first-order valence-corrected chi connectivity index (χ1v) is 14.6. The molecule has 4 rings (SSSR count). The molecule has 0 fully saturated rings. The van der Waals surface area contributed by atoms with Crippen molar-refractivity contribution in [1.29, 1.82) is 0 Å². The van der Waals surface area contributed by atoms with E-state index in [0.717, 1.165) is 51.5 Å². The van der Waals surface area contributed by atoms with Crippen molar-refractivity contribution in [1.82, 2.24) is 9.97 Å². The van der Waals surface area contributed by atoms with Crippen LogP contribution in [0.3, 0.4) is 0 Å². The Morgan fingerprint density at radius 2 is 1.73 bits per heavy atom. The van der Waals surface area contributed by atoms with Crippen molar-refractivity contribution in [3.05, 3.63) is 70.9 Å². The average Bonchev–Trinajstić information content (AvgIpc) is 2.86. The summed E-state index contributed by atoms with van der Waals surface area (Å²) in [6, 6.07) is 14.6. The van der Waals surface area contributed by atoms with E-state index < -0.39 is 7.60 Å². The van der Waals surface area contributed by atoms with Crippen LogP contribution in [0, 0.1) is 13.8 Å². The van der Waals surface area contributed by atoms with Gasteiger partial charge in [0.25, 0.3) is 0 Å². The summed E-state index contributed by atoms with van der Waals surface area (Å²) in [5.74, 6) is 1.27. The molecule has 0 spiro atoms. The van der Waals surface area contributed by atoms with Gasteiger partial charge in [-0.15, -0.1) is 0 Å². The second-order valence-electron chi connectivity index (χ2n) is 9.22. The smallest absolute Gasteiger partial charge is 0.330 e. The predicted molar refractivity (Wildman–Crippen MR) is 151 cm³/mol. The Morgan fingerprint density at radius 3 is 2.46 bits per heavy atom. The highest BCUT2D eigenvalue weighted by Crippen LogP contribution is 2.48. The lowest BCUT2D eigenvalue weighted by molar-refractivity contribution is 0.216. The SMILES string of the molecule is CCOP(=O)(CCCOc1ccc(CCc2cnc3c(N)nc4cc(C)ccc4c3c2)c(C)c1)OCC. The van der Waals surface area contributed by atoms with E-state index in [4.69, 9.17) is 19.5 Å². The van der Waals surface area contributed by atoms with Crippen LogP contribution < -0.4 is 10.5 Å². The third-order valence-electron chi connectivity index (χ3n) is 6.36. The standard InChI is InChI=1S/C29H36N3O4P/c1-5-35-37(33,36-6-2)15-7-14-34-24-12-11-23(21(4)17-24)10-9-22-18-26-25-13-8-20(3)16-27(25)32-29(30)28(26)31-19-22/h8,11-13,16-19H,5-7,9-10,14-15H2,1-4H3,(H2,30,32). The number of fused-ring (bicyclic) bond motifs is 3. The zero-order valence-corrected chi connectivity index (χ0v) is 23.0. The van der Waals surface area contributed by atoms with Crippen LogP contribution in [0.2, 0.25) is 0 Å². The van der Waals surface area contributed by atoms with E-state index in [1.807, 2.05) is 26.1 Å². The Labute approximate surface area is 218 Å². The van der Waals surface area contributed by atoms with E-state index in [9.17, 15) is 4.57 Å². The van der Waals surface area contributed by atoms with Crippen molar-refractivity contribution in [3.63, 3.8) is 0 Å². The molecule has 4 aromatic rings. The summed E-state index contributed by atoms with van der Waals surface area (Å²) in [5.41, 5.74) is 12.6. The molecule has 0 saturated heterocycles. The first-order chi connectivity index (χ1) is 17.8. The third kappa shape index (κ3) is 6.67. The van der Waals surface area contributed by atoms with Crippen molar-refractivity contribution in [2.75, 3.05) is 31.7 Å². The number of nitrogen functional groups attached to an aromatic ring is 1. The number of hydrogen-bond acceptors (Lipinski definition) is 7. The summed E-state index contributed by atoms with van der Waals surface area (Å²) in [4.78, 5) is 9.18. The van der Waals surface area contributed by atoms with Crippen LogP contribution in [0.5, 0.6) is 5.75 Å². The van der Waals surface area contributed by atoms with Gasteiger partial charge in [-0.25, -0.2) is 4.98 Å². The lowest BCUT2D eigenvalue weighted by atomic mass is 9.99. The fourth-order valence-corrected chi connectivity index (χ4v) is 6.16. The largest absolute Gasteiger partial charge is 0.494 e. The van der Waals surface area contributed by atoms with Gasteiger partial charge in [-0.1, -0.05) is 18.2 Å². The van der Waals surface area contributed by atoms with Crippen molar-refractivity contribution in [2.45, 2.75) is 47.0 Å². The molecule has 8 heteroatoms. The van der Waals surface area contributed by atoms with Crippen LogP contribution in [-0.4, -0.2) is 36.0 Å². The molecule has 2 heterocycles. The number of aryl methyl sites for hydroxylation is 4. The van der Waals surface area contributed by atoms with Gasteiger partial charge in [0.2, 0.25) is 0 Å². The Balaban J connectivity index is 1.39. The minimum absolute atomic E-state index is 0.349. The normalized spacial score (nSPS) is 11.9. The van der Waals surface area contributed by atoms with Gasteiger partial charge in [0.15, 0.2) is 5.82 Å². The highest BCUT2D eigenvalue weighted by atomic mass is 31.2. The molecule has 0 aliphatic rings. The van der Waals surface area contributed by atoms with Gasteiger partial charge in [-0.3, -0.25) is 9.55 Å². The first kappa shape index (κ1) is 27.1. The Morgan fingerprint density at radius 1 is 0.946 bits per heavy atom. The second kappa shape index (κ2) is 12.0. The van der Waals surface area contributed by atoms with E-state index in [2.05, 4.69) is 60.2 Å². The van der Waals surface area contributed by atoms with Gasteiger partial charge in [-0.2, -0.15) is 0 Å². The maximum absolute atomic E-state index is 12.6. The molecule has 7 nitrogen and oxygen atoms in total. The number of ether oxygens (including phenoxy) is 1. The van der Waals surface area contributed by atoms with Gasteiger partial charge in [0.1, 0.15) is 11.3 Å². The van der Waals surface area contributed by atoms with Crippen LogP contribution in [0.25, 0.3) is 21.8 Å². The number of anilines is 1. The molecule has 0 unspecified atom stereocenters. The van der Waals surface area contributed by atoms with E-state index in [0.29, 0.717) is 38.2 Å². The molecule has 0 aliphatic heterocycles. The Bertz CT molecular complexity index is 1430. The number of nitrogens with two attached hydrogens (primary N) is 1. The highest BCUT2D eigenvalue weighted by molar-refractivity contribution is 7.53. The minimum Gasteiger partial charge on any atom is -0.494 e. The van der Waals surface area contributed by atoms with Crippen molar-refractivity contribution in [3.8, 4) is 5.75 Å². The Hall–Kier alpha value is -2.99. The molecule has 0 atom stereocenters. The summed E-state index contributed by atoms with van der Waals surface area (Å²) in [6.45, 7) is 8.99. The molecule has 0 bridgehead atoms. The molecule has 2 aromatic carbocycles. The number of rotatable bonds is 12. The molecule has 0 radical (unpaired) electrons. The molecule has 0 amide bonds. The van der Waals surface area contributed by atoms with Crippen LogP contribution in [-0.2, 0) is 26.5 Å². The lowest BCUT2D eigenvalue weighted by Crippen LogP contribution is -2.05. The maximum atomic E-state index is 12.6. The second-order valence-corrected chi connectivity index (χ2v) is 11.4.